The molecule has 0 aliphatic carbocycles. The molecule has 29 heavy (non-hydrogen) atoms. The van der Waals surface area contributed by atoms with Crippen molar-refractivity contribution in [3.63, 3.8) is 0 Å². The van der Waals surface area contributed by atoms with Gasteiger partial charge in [-0.15, -0.1) is 0 Å². The second-order valence-corrected chi connectivity index (χ2v) is 6.95. The van der Waals surface area contributed by atoms with E-state index in [-0.39, 0.29) is 5.91 Å². The molecular weight excluding hydrogens is 366 g/mol. The van der Waals surface area contributed by atoms with Crippen LogP contribution in [0.5, 0.6) is 0 Å². The van der Waals surface area contributed by atoms with Crippen LogP contribution in [0.15, 0.2) is 29.3 Å². The Bertz CT molecular complexity index is 600. The van der Waals surface area contributed by atoms with E-state index >= 15 is 0 Å². The lowest BCUT2D eigenvalue weighted by Crippen LogP contribution is -2.41. The van der Waals surface area contributed by atoms with Crippen LogP contribution >= 0.6 is 0 Å². The third-order valence-electron chi connectivity index (χ3n) is 4.69. The van der Waals surface area contributed by atoms with E-state index in [4.69, 9.17) is 4.74 Å². The molecule has 0 bridgehead atoms. The zero-order valence-electron chi connectivity index (χ0n) is 18.8. The molecule has 0 heterocycles. The van der Waals surface area contributed by atoms with Crippen molar-refractivity contribution in [1.29, 1.82) is 0 Å². The van der Waals surface area contributed by atoms with Crippen molar-refractivity contribution in [2.45, 2.75) is 33.7 Å². The van der Waals surface area contributed by atoms with Gasteiger partial charge in [0, 0.05) is 58.5 Å². The largest absolute Gasteiger partial charge is 0.385 e. The Balaban J connectivity index is 2.54. The maximum atomic E-state index is 12.4. The van der Waals surface area contributed by atoms with Crippen molar-refractivity contribution < 1.29 is 9.53 Å². The number of ether oxygens (including phenoxy) is 1. The van der Waals surface area contributed by atoms with Crippen LogP contribution in [0.3, 0.4) is 0 Å². The SMILES string of the molecule is CCNC(=NCc1ccc(C(=O)N(CC)CC)cc1)NCCN(C)CCCOC. The van der Waals surface area contributed by atoms with E-state index in [0.29, 0.717) is 6.54 Å². The number of methoxy groups -OCH3 is 1. The third-order valence-corrected chi connectivity index (χ3v) is 4.69. The van der Waals surface area contributed by atoms with E-state index in [1.54, 1.807) is 7.11 Å². The van der Waals surface area contributed by atoms with Crippen LogP contribution in [0.25, 0.3) is 0 Å². The molecule has 0 radical (unpaired) electrons. The van der Waals surface area contributed by atoms with Crippen LogP contribution in [0, 0.1) is 0 Å². The lowest BCUT2D eigenvalue weighted by Gasteiger charge is -2.18. The van der Waals surface area contributed by atoms with Gasteiger partial charge in [0.15, 0.2) is 5.96 Å². The monoisotopic (exact) mass is 405 g/mol. The molecule has 0 unspecified atom stereocenters. The zero-order valence-corrected chi connectivity index (χ0v) is 18.8. The highest BCUT2D eigenvalue weighted by Gasteiger charge is 2.11. The first kappa shape index (κ1) is 24.9. The highest BCUT2D eigenvalue weighted by Crippen LogP contribution is 2.09. The van der Waals surface area contributed by atoms with Gasteiger partial charge in [-0.1, -0.05) is 12.1 Å². The van der Waals surface area contributed by atoms with Gasteiger partial charge in [0.2, 0.25) is 0 Å². The average molecular weight is 406 g/mol. The highest BCUT2D eigenvalue weighted by molar-refractivity contribution is 5.94. The van der Waals surface area contributed by atoms with Gasteiger partial charge in [0.05, 0.1) is 6.54 Å². The fourth-order valence-electron chi connectivity index (χ4n) is 2.91. The quantitative estimate of drug-likeness (QED) is 0.299. The molecule has 164 valence electrons. The van der Waals surface area contributed by atoms with Crippen molar-refractivity contribution in [2.75, 3.05) is 60.0 Å². The molecule has 0 aliphatic rings. The van der Waals surface area contributed by atoms with Crippen molar-refractivity contribution in [3.8, 4) is 0 Å². The summed E-state index contributed by atoms with van der Waals surface area (Å²) in [6.07, 6.45) is 1.04. The van der Waals surface area contributed by atoms with E-state index in [2.05, 4.69) is 34.5 Å². The topological polar surface area (TPSA) is 69.2 Å². The lowest BCUT2D eigenvalue weighted by molar-refractivity contribution is 0.0773. The molecule has 0 spiro atoms. The first-order valence-corrected chi connectivity index (χ1v) is 10.6. The summed E-state index contributed by atoms with van der Waals surface area (Å²) in [4.78, 5) is 21.2. The number of amides is 1. The van der Waals surface area contributed by atoms with Crippen molar-refractivity contribution in [1.82, 2.24) is 20.4 Å². The molecule has 1 amide bonds. The summed E-state index contributed by atoms with van der Waals surface area (Å²) in [5.74, 6) is 0.885. The van der Waals surface area contributed by atoms with E-state index in [0.717, 1.165) is 69.4 Å². The number of benzene rings is 1. The van der Waals surface area contributed by atoms with E-state index < -0.39 is 0 Å². The second-order valence-electron chi connectivity index (χ2n) is 6.95. The minimum atomic E-state index is 0.0784. The maximum Gasteiger partial charge on any atom is 0.253 e. The van der Waals surface area contributed by atoms with Crippen molar-refractivity contribution in [2.24, 2.45) is 4.99 Å². The second kappa shape index (κ2) is 14.8. The highest BCUT2D eigenvalue weighted by atomic mass is 16.5. The Morgan fingerprint density at radius 2 is 1.76 bits per heavy atom. The number of aliphatic imine (C=N–C) groups is 1. The Morgan fingerprint density at radius 1 is 1.07 bits per heavy atom. The normalized spacial score (nSPS) is 11.6. The smallest absolute Gasteiger partial charge is 0.253 e. The molecule has 1 rings (SSSR count). The summed E-state index contributed by atoms with van der Waals surface area (Å²) < 4.78 is 5.09. The van der Waals surface area contributed by atoms with Crippen molar-refractivity contribution >= 4 is 11.9 Å². The first-order valence-electron chi connectivity index (χ1n) is 10.6. The molecule has 1 aromatic rings. The van der Waals surface area contributed by atoms with E-state index in [1.165, 1.54) is 0 Å². The molecule has 0 saturated heterocycles. The molecule has 0 aromatic heterocycles. The predicted octanol–water partition coefficient (Wildman–Crippen LogP) is 2.19. The number of likely N-dealkylation sites (N-methyl/N-ethyl adjacent to an activating group) is 1. The maximum absolute atomic E-state index is 12.4. The van der Waals surface area contributed by atoms with Crippen LogP contribution in [0.4, 0.5) is 0 Å². The number of carbonyl (C=O) groups is 1. The predicted molar refractivity (Wildman–Crippen MR) is 121 cm³/mol. The summed E-state index contributed by atoms with van der Waals surface area (Å²) in [5.41, 5.74) is 1.80. The van der Waals surface area contributed by atoms with Crippen LogP contribution in [-0.2, 0) is 11.3 Å². The zero-order chi connectivity index (χ0) is 21.5. The molecule has 7 heteroatoms. The number of rotatable bonds is 13. The number of hydrogen-bond donors (Lipinski definition) is 2. The van der Waals surface area contributed by atoms with Gasteiger partial charge in [-0.25, -0.2) is 4.99 Å². The van der Waals surface area contributed by atoms with Crippen molar-refractivity contribution in [3.05, 3.63) is 35.4 Å². The fourth-order valence-corrected chi connectivity index (χ4v) is 2.91. The molecule has 0 saturated carbocycles. The number of carbonyl (C=O) groups excluding carboxylic acids is 1. The summed E-state index contributed by atoms with van der Waals surface area (Å²) in [6.45, 7) is 12.5. The number of nitrogens with zero attached hydrogens (tertiary/aromatic N) is 3. The van der Waals surface area contributed by atoms with Gasteiger partial charge >= 0.3 is 0 Å². The Morgan fingerprint density at radius 3 is 2.34 bits per heavy atom. The van der Waals surface area contributed by atoms with Gasteiger partial charge in [0.25, 0.3) is 5.91 Å². The van der Waals surface area contributed by atoms with Crippen LogP contribution < -0.4 is 10.6 Å². The molecule has 7 nitrogen and oxygen atoms in total. The summed E-state index contributed by atoms with van der Waals surface area (Å²) >= 11 is 0. The number of nitrogens with one attached hydrogen (secondary N) is 2. The molecule has 0 fully saturated rings. The molecular formula is C22H39N5O2. The van der Waals surface area contributed by atoms with Gasteiger partial charge in [-0.2, -0.15) is 0 Å². The van der Waals surface area contributed by atoms with Gasteiger partial charge in [0.1, 0.15) is 0 Å². The number of hydrogen-bond acceptors (Lipinski definition) is 4. The summed E-state index contributed by atoms with van der Waals surface area (Å²) in [5, 5.41) is 6.66. The molecule has 2 N–H and O–H groups in total. The minimum Gasteiger partial charge on any atom is -0.385 e. The third kappa shape index (κ3) is 9.76. The summed E-state index contributed by atoms with van der Waals surface area (Å²) in [6, 6.07) is 7.74. The van der Waals surface area contributed by atoms with Gasteiger partial charge < -0.3 is 25.2 Å². The Labute approximate surface area is 176 Å². The standard InChI is InChI=1S/C22H39N5O2/c1-6-23-22(24-14-16-26(4)15-9-17-29-5)25-18-19-10-12-20(13-11-19)21(28)27(7-2)8-3/h10-13H,6-9,14-18H2,1-5H3,(H2,23,24,25). The number of guanidine groups is 1. The minimum absolute atomic E-state index is 0.0784. The Hall–Kier alpha value is -2.12. The lowest BCUT2D eigenvalue weighted by atomic mass is 10.1. The molecule has 1 aromatic carbocycles. The van der Waals surface area contributed by atoms with E-state index in [9.17, 15) is 4.79 Å². The van der Waals surface area contributed by atoms with Crippen LogP contribution in [0.1, 0.15) is 43.1 Å². The molecule has 0 atom stereocenters. The first-order chi connectivity index (χ1) is 14.0. The van der Waals surface area contributed by atoms with E-state index in [1.807, 2.05) is 43.0 Å². The fraction of sp³-hybridized carbons (Fsp3) is 0.636. The molecule has 0 aliphatic heterocycles. The Kier molecular flexibility index (Phi) is 12.7. The van der Waals surface area contributed by atoms with Crippen LogP contribution in [-0.4, -0.2) is 81.7 Å². The average Bonchev–Trinajstić information content (AvgIpc) is 2.73. The van der Waals surface area contributed by atoms with Crippen LogP contribution in [0.2, 0.25) is 0 Å². The van der Waals surface area contributed by atoms with Gasteiger partial charge in [-0.05, 0) is 51.9 Å². The van der Waals surface area contributed by atoms with Gasteiger partial charge in [-0.3, -0.25) is 4.79 Å². The summed E-state index contributed by atoms with van der Waals surface area (Å²) in [7, 11) is 3.85.